The smallest absolute Gasteiger partial charge is 0.0447 e. The lowest BCUT2D eigenvalue weighted by Crippen LogP contribution is -1.96. The first kappa shape index (κ1) is 11.6. The summed E-state index contributed by atoms with van der Waals surface area (Å²) in [6.07, 6.45) is 3.87. The number of aromatic nitrogens is 1. The van der Waals surface area contributed by atoms with E-state index in [-0.39, 0.29) is 0 Å². The van der Waals surface area contributed by atoms with Crippen LogP contribution in [-0.4, -0.2) is 4.98 Å². The van der Waals surface area contributed by atoms with Crippen LogP contribution in [-0.2, 0) is 12.8 Å². The third kappa shape index (κ3) is 2.84. The highest BCUT2D eigenvalue weighted by Crippen LogP contribution is 2.16. The molecule has 0 amide bonds. The average Bonchev–Trinajstić information content (AvgIpc) is 2.34. The predicted molar refractivity (Wildman–Crippen MR) is 72.0 cm³/mol. The van der Waals surface area contributed by atoms with Crippen molar-refractivity contribution in [2.75, 3.05) is 5.73 Å². The van der Waals surface area contributed by atoms with E-state index in [2.05, 4.69) is 37.0 Å². The van der Waals surface area contributed by atoms with Crippen LogP contribution in [0.2, 0.25) is 0 Å². The van der Waals surface area contributed by atoms with Crippen LogP contribution in [0.25, 0.3) is 0 Å². The maximum atomic E-state index is 5.74. The van der Waals surface area contributed by atoms with Crippen molar-refractivity contribution in [3.63, 3.8) is 0 Å². The van der Waals surface area contributed by atoms with Gasteiger partial charge in [0.1, 0.15) is 0 Å². The van der Waals surface area contributed by atoms with Crippen molar-refractivity contribution >= 4 is 5.69 Å². The number of hydrogen-bond donors (Lipinski definition) is 1. The van der Waals surface area contributed by atoms with Gasteiger partial charge in [0.2, 0.25) is 0 Å². The Morgan fingerprint density at radius 1 is 1.18 bits per heavy atom. The Morgan fingerprint density at radius 2 is 2.00 bits per heavy atom. The monoisotopic (exact) mass is 226 g/mol. The van der Waals surface area contributed by atoms with Crippen LogP contribution in [0.1, 0.15) is 29.3 Å². The number of anilines is 1. The molecule has 0 atom stereocenters. The van der Waals surface area contributed by atoms with E-state index in [1.54, 1.807) is 0 Å². The molecule has 1 aromatic carbocycles. The topological polar surface area (TPSA) is 38.9 Å². The summed E-state index contributed by atoms with van der Waals surface area (Å²) >= 11 is 0. The number of aryl methyl sites for hydroxylation is 2. The number of benzene rings is 1. The van der Waals surface area contributed by atoms with Gasteiger partial charge in [0, 0.05) is 24.0 Å². The van der Waals surface area contributed by atoms with Gasteiger partial charge in [-0.25, -0.2) is 0 Å². The summed E-state index contributed by atoms with van der Waals surface area (Å²) in [5.41, 5.74) is 11.5. The van der Waals surface area contributed by atoms with Gasteiger partial charge in [0.25, 0.3) is 0 Å². The highest BCUT2D eigenvalue weighted by molar-refractivity contribution is 5.45. The Balaban J connectivity index is 2.19. The molecule has 1 aromatic heterocycles. The molecule has 0 spiro atoms. The quantitative estimate of drug-likeness (QED) is 0.817. The Kier molecular flexibility index (Phi) is 3.43. The van der Waals surface area contributed by atoms with E-state index in [1.807, 2.05) is 18.3 Å². The van der Waals surface area contributed by atoms with Crippen molar-refractivity contribution < 1.29 is 0 Å². The number of nitrogens with two attached hydrogens (primary N) is 1. The minimum atomic E-state index is 0.820. The van der Waals surface area contributed by atoms with Gasteiger partial charge in [-0.3, -0.25) is 4.98 Å². The summed E-state index contributed by atoms with van der Waals surface area (Å²) in [4.78, 5) is 4.48. The molecular weight excluding hydrogens is 208 g/mol. The van der Waals surface area contributed by atoms with Crippen molar-refractivity contribution in [2.45, 2.75) is 26.7 Å². The fourth-order valence-corrected chi connectivity index (χ4v) is 1.88. The number of hydrogen-bond acceptors (Lipinski definition) is 2. The first-order valence-corrected chi connectivity index (χ1v) is 5.98. The Hall–Kier alpha value is -1.83. The predicted octanol–water partition coefficient (Wildman–Crippen LogP) is 3.13. The van der Waals surface area contributed by atoms with Gasteiger partial charge in [-0.1, -0.05) is 19.1 Å². The lowest BCUT2D eigenvalue weighted by atomic mass is 10.0. The van der Waals surface area contributed by atoms with Crippen LogP contribution in [0.4, 0.5) is 5.69 Å². The van der Waals surface area contributed by atoms with Crippen molar-refractivity contribution in [3.8, 4) is 0 Å². The molecule has 2 nitrogen and oxygen atoms in total. The van der Waals surface area contributed by atoms with E-state index in [4.69, 9.17) is 5.73 Å². The van der Waals surface area contributed by atoms with Gasteiger partial charge in [-0.2, -0.15) is 0 Å². The number of nitrogen functional groups attached to an aromatic ring is 1. The maximum Gasteiger partial charge on any atom is 0.0447 e. The molecule has 0 unspecified atom stereocenters. The fourth-order valence-electron chi connectivity index (χ4n) is 1.88. The Labute approximate surface area is 103 Å². The highest BCUT2D eigenvalue weighted by Gasteiger charge is 2.02. The van der Waals surface area contributed by atoms with E-state index in [9.17, 15) is 0 Å². The van der Waals surface area contributed by atoms with Crippen LogP contribution in [0.15, 0.2) is 36.5 Å². The standard InChI is InChI=1S/C15H18N2/c1-3-12-4-7-15(17-10-12)9-13-5-6-14(16)8-11(13)2/h4-8,10H,3,9,16H2,1-2H3. The highest BCUT2D eigenvalue weighted by atomic mass is 14.7. The summed E-state index contributed by atoms with van der Waals surface area (Å²) in [5, 5.41) is 0. The van der Waals surface area contributed by atoms with E-state index >= 15 is 0 Å². The van der Waals surface area contributed by atoms with Crippen LogP contribution in [0.5, 0.6) is 0 Å². The van der Waals surface area contributed by atoms with Crippen molar-refractivity contribution in [1.29, 1.82) is 0 Å². The zero-order chi connectivity index (χ0) is 12.3. The largest absolute Gasteiger partial charge is 0.399 e. The van der Waals surface area contributed by atoms with Gasteiger partial charge in [-0.15, -0.1) is 0 Å². The first-order chi connectivity index (χ1) is 8.19. The molecule has 0 bridgehead atoms. The molecule has 0 radical (unpaired) electrons. The minimum absolute atomic E-state index is 0.820. The SMILES string of the molecule is CCc1ccc(Cc2ccc(N)cc2C)nc1. The molecule has 1 heterocycles. The number of pyridine rings is 1. The molecule has 2 rings (SSSR count). The lowest BCUT2D eigenvalue weighted by Gasteiger charge is -2.07. The molecule has 88 valence electrons. The van der Waals surface area contributed by atoms with Gasteiger partial charge in [0.15, 0.2) is 0 Å². The van der Waals surface area contributed by atoms with E-state index in [1.165, 1.54) is 16.7 Å². The maximum absolute atomic E-state index is 5.74. The minimum Gasteiger partial charge on any atom is -0.399 e. The van der Waals surface area contributed by atoms with E-state index < -0.39 is 0 Å². The van der Waals surface area contributed by atoms with E-state index in [0.717, 1.165) is 24.2 Å². The molecule has 17 heavy (non-hydrogen) atoms. The van der Waals surface area contributed by atoms with E-state index in [0.29, 0.717) is 0 Å². The van der Waals surface area contributed by atoms with Gasteiger partial charge in [-0.05, 0) is 48.2 Å². The molecular formula is C15H18N2. The summed E-state index contributed by atoms with van der Waals surface area (Å²) in [6, 6.07) is 10.3. The molecule has 0 aliphatic rings. The summed E-state index contributed by atoms with van der Waals surface area (Å²) in [7, 11) is 0. The molecule has 2 heteroatoms. The molecule has 2 N–H and O–H groups in total. The average molecular weight is 226 g/mol. The molecule has 0 aliphatic heterocycles. The van der Waals surface area contributed by atoms with Gasteiger partial charge < -0.3 is 5.73 Å². The van der Waals surface area contributed by atoms with Crippen LogP contribution in [0.3, 0.4) is 0 Å². The fraction of sp³-hybridized carbons (Fsp3) is 0.267. The van der Waals surface area contributed by atoms with Crippen molar-refractivity contribution in [1.82, 2.24) is 4.98 Å². The molecule has 0 saturated heterocycles. The summed E-state index contributed by atoms with van der Waals surface area (Å²) in [6.45, 7) is 4.23. The molecule has 0 fully saturated rings. The third-order valence-electron chi connectivity index (χ3n) is 3.03. The summed E-state index contributed by atoms with van der Waals surface area (Å²) < 4.78 is 0. The molecule has 2 aromatic rings. The van der Waals surface area contributed by atoms with Crippen LogP contribution >= 0.6 is 0 Å². The second-order valence-electron chi connectivity index (χ2n) is 4.37. The second kappa shape index (κ2) is 5.00. The summed E-state index contributed by atoms with van der Waals surface area (Å²) in [5.74, 6) is 0. The van der Waals surface area contributed by atoms with Crippen molar-refractivity contribution in [3.05, 3.63) is 58.9 Å². The zero-order valence-corrected chi connectivity index (χ0v) is 10.4. The van der Waals surface area contributed by atoms with Crippen molar-refractivity contribution in [2.24, 2.45) is 0 Å². The van der Waals surface area contributed by atoms with Crippen LogP contribution < -0.4 is 5.73 Å². The Morgan fingerprint density at radius 3 is 2.59 bits per heavy atom. The second-order valence-corrected chi connectivity index (χ2v) is 4.37. The normalized spacial score (nSPS) is 10.5. The third-order valence-corrected chi connectivity index (χ3v) is 3.03. The number of rotatable bonds is 3. The first-order valence-electron chi connectivity index (χ1n) is 5.98. The van der Waals surface area contributed by atoms with Gasteiger partial charge in [0.05, 0.1) is 0 Å². The number of nitrogens with zero attached hydrogens (tertiary/aromatic N) is 1. The van der Waals surface area contributed by atoms with Gasteiger partial charge >= 0.3 is 0 Å². The molecule has 0 aliphatic carbocycles. The zero-order valence-electron chi connectivity index (χ0n) is 10.4. The lowest BCUT2D eigenvalue weighted by molar-refractivity contribution is 1.02. The van der Waals surface area contributed by atoms with Crippen LogP contribution in [0, 0.1) is 6.92 Å². The molecule has 0 saturated carbocycles. The Bertz CT molecular complexity index is 501.